The number of para-hydroxylation sites is 1. The van der Waals surface area contributed by atoms with Crippen molar-refractivity contribution in [1.29, 1.82) is 0 Å². The van der Waals surface area contributed by atoms with Crippen LogP contribution in [0, 0.1) is 0 Å². The standard InChI is InChI=1S/C18H16ClN3O2S/c19-13-8-4-5-9-14(13)24-10-11-25-18-21-16(20)15(17(23)22-18)12-6-2-1-3-7-12/h1-9H,10-11H2,(H3,20,21,22,23). The van der Waals surface area contributed by atoms with E-state index in [0.29, 0.717) is 33.9 Å². The Kier molecular flexibility index (Phi) is 5.63. The molecule has 0 atom stereocenters. The molecule has 0 radical (unpaired) electrons. The average Bonchev–Trinajstić information content (AvgIpc) is 2.60. The molecular formula is C18H16ClN3O2S. The van der Waals surface area contributed by atoms with Crippen LogP contribution in [-0.4, -0.2) is 22.3 Å². The number of rotatable bonds is 6. The third kappa shape index (κ3) is 4.35. The van der Waals surface area contributed by atoms with Crippen LogP contribution in [0.2, 0.25) is 5.02 Å². The first-order valence-corrected chi connectivity index (χ1v) is 8.97. The van der Waals surface area contributed by atoms with Crippen LogP contribution in [0.5, 0.6) is 5.75 Å². The fourth-order valence-electron chi connectivity index (χ4n) is 2.27. The maximum absolute atomic E-state index is 12.3. The van der Waals surface area contributed by atoms with E-state index >= 15 is 0 Å². The van der Waals surface area contributed by atoms with E-state index in [0.717, 1.165) is 5.56 Å². The number of halogens is 1. The molecule has 0 unspecified atom stereocenters. The van der Waals surface area contributed by atoms with E-state index in [2.05, 4.69) is 9.97 Å². The molecule has 0 aliphatic carbocycles. The molecule has 128 valence electrons. The van der Waals surface area contributed by atoms with Gasteiger partial charge in [0, 0.05) is 5.75 Å². The van der Waals surface area contributed by atoms with Crippen LogP contribution >= 0.6 is 23.4 Å². The molecule has 0 bridgehead atoms. The van der Waals surface area contributed by atoms with Gasteiger partial charge in [0.05, 0.1) is 17.2 Å². The van der Waals surface area contributed by atoms with E-state index < -0.39 is 0 Å². The second-order valence-corrected chi connectivity index (χ2v) is 6.62. The summed E-state index contributed by atoms with van der Waals surface area (Å²) >= 11 is 7.39. The van der Waals surface area contributed by atoms with Gasteiger partial charge in [-0.15, -0.1) is 0 Å². The molecule has 2 aromatic carbocycles. The zero-order valence-electron chi connectivity index (χ0n) is 13.2. The van der Waals surface area contributed by atoms with Crippen LogP contribution < -0.4 is 16.0 Å². The number of aromatic nitrogens is 2. The first kappa shape index (κ1) is 17.4. The lowest BCUT2D eigenvalue weighted by Crippen LogP contribution is -2.15. The summed E-state index contributed by atoms with van der Waals surface area (Å²) in [4.78, 5) is 19.4. The molecule has 1 heterocycles. The van der Waals surface area contributed by atoms with Gasteiger partial charge in [-0.2, -0.15) is 0 Å². The summed E-state index contributed by atoms with van der Waals surface area (Å²) < 4.78 is 5.61. The highest BCUT2D eigenvalue weighted by molar-refractivity contribution is 7.99. The minimum Gasteiger partial charge on any atom is -0.491 e. The molecule has 3 aromatic rings. The number of hydrogen-bond donors (Lipinski definition) is 2. The predicted octanol–water partition coefficient (Wildman–Crippen LogP) is 3.84. The van der Waals surface area contributed by atoms with Crippen molar-refractivity contribution in [3.63, 3.8) is 0 Å². The number of nitrogens with zero attached hydrogens (tertiary/aromatic N) is 1. The highest BCUT2D eigenvalue weighted by Crippen LogP contribution is 2.24. The van der Waals surface area contributed by atoms with Crippen molar-refractivity contribution in [3.05, 3.63) is 70.0 Å². The van der Waals surface area contributed by atoms with Crippen molar-refractivity contribution >= 4 is 29.2 Å². The number of thioether (sulfide) groups is 1. The third-order valence-corrected chi connectivity index (χ3v) is 4.55. The number of nitrogen functional groups attached to an aromatic ring is 1. The van der Waals surface area contributed by atoms with Crippen molar-refractivity contribution in [2.75, 3.05) is 18.1 Å². The average molecular weight is 374 g/mol. The van der Waals surface area contributed by atoms with Crippen molar-refractivity contribution < 1.29 is 4.74 Å². The van der Waals surface area contributed by atoms with Gasteiger partial charge in [-0.05, 0) is 17.7 Å². The summed E-state index contributed by atoms with van der Waals surface area (Å²) in [6.45, 7) is 0.429. The number of benzene rings is 2. The van der Waals surface area contributed by atoms with Gasteiger partial charge in [0.1, 0.15) is 11.6 Å². The van der Waals surface area contributed by atoms with Gasteiger partial charge in [-0.3, -0.25) is 4.79 Å². The summed E-state index contributed by atoms with van der Waals surface area (Å²) in [6.07, 6.45) is 0. The molecule has 0 saturated heterocycles. The van der Waals surface area contributed by atoms with E-state index in [9.17, 15) is 4.79 Å². The van der Waals surface area contributed by atoms with E-state index in [-0.39, 0.29) is 11.4 Å². The van der Waals surface area contributed by atoms with Gasteiger partial charge in [-0.25, -0.2) is 4.98 Å². The van der Waals surface area contributed by atoms with Crippen LogP contribution in [0.25, 0.3) is 11.1 Å². The lowest BCUT2D eigenvalue weighted by Gasteiger charge is -2.08. The molecule has 0 aliphatic rings. The number of hydrogen-bond acceptors (Lipinski definition) is 5. The van der Waals surface area contributed by atoms with Crippen LogP contribution in [0.4, 0.5) is 5.82 Å². The first-order valence-electron chi connectivity index (χ1n) is 7.60. The zero-order chi connectivity index (χ0) is 17.6. The van der Waals surface area contributed by atoms with E-state index in [1.807, 2.05) is 42.5 Å². The Hall–Kier alpha value is -2.44. The molecule has 3 rings (SSSR count). The molecule has 0 amide bonds. The molecule has 25 heavy (non-hydrogen) atoms. The highest BCUT2D eigenvalue weighted by Gasteiger charge is 2.11. The molecular weight excluding hydrogens is 358 g/mol. The van der Waals surface area contributed by atoms with Gasteiger partial charge < -0.3 is 15.5 Å². The van der Waals surface area contributed by atoms with Gasteiger partial charge >= 0.3 is 0 Å². The molecule has 0 aliphatic heterocycles. The summed E-state index contributed by atoms with van der Waals surface area (Å²) in [6, 6.07) is 16.5. The molecule has 1 aromatic heterocycles. The summed E-state index contributed by atoms with van der Waals surface area (Å²) in [5, 5.41) is 1.03. The van der Waals surface area contributed by atoms with Crippen molar-refractivity contribution in [2.45, 2.75) is 5.16 Å². The Morgan fingerprint density at radius 1 is 1.12 bits per heavy atom. The smallest absolute Gasteiger partial charge is 0.261 e. The Balaban J connectivity index is 1.64. The molecule has 5 nitrogen and oxygen atoms in total. The van der Waals surface area contributed by atoms with Gasteiger partial charge in [-0.1, -0.05) is 65.8 Å². The Morgan fingerprint density at radius 2 is 1.84 bits per heavy atom. The number of nitrogens with two attached hydrogens (primary N) is 1. The van der Waals surface area contributed by atoms with E-state index in [1.165, 1.54) is 11.8 Å². The van der Waals surface area contributed by atoms with Crippen molar-refractivity contribution in [3.8, 4) is 16.9 Å². The van der Waals surface area contributed by atoms with Crippen molar-refractivity contribution in [1.82, 2.24) is 9.97 Å². The lowest BCUT2D eigenvalue weighted by atomic mass is 10.1. The molecule has 0 saturated carbocycles. The SMILES string of the molecule is Nc1nc(SCCOc2ccccc2Cl)[nH]c(=O)c1-c1ccccc1. The zero-order valence-corrected chi connectivity index (χ0v) is 14.8. The fraction of sp³-hybridized carbons (Fsp3) is 0.111. The number of anilines is 1. The Labute approximate surface area is 154 Å². The number of nitrogens with one attached hydrogen (secondary N) is 1. The number of H-pyrrole nitrogens is 1. The second kappa shape index (κ2) is 8.09. The lowest BCUT2D eigenvalue weighted by molar-refractivity contribution is 0.344. The van der Waals surface area contributed by atoms with Gasteiger partial charge in [0.15, 0.2) is 5.16 Å². The van der Waals surface area contributed by atoms with Crippen LogP contribution in [0.15, 0.2) is 64.5 Å². The fourth-order valence-corrected chi connectivity index (χ4v) is 3.15. The van der Waals surface area contributed by atoms with Gasteiger partial charge in [0.2, 0.25) is 0 Å². The minimum atomic E-state index is -0.256. The number of ether oxygens (including phenoxy) is 1. The van der Waals surface area contributed by atoms with E-state index in [4.69, 9.17) is 22.1 Å². The highest BCUT2D eigenvalue weighted by atomic mass is 35.5. The first-order chi connectivity index (χ1) is 12.1. The van der Waals surface area contributed by atoms with Crippen molar-refractivity contribution in [2.24, 2.45) is 0 Å². The van der Waals surface area contributed by atoms with E-state index in [1.54, 1.807) is 12.1 Å². The summed E-state index contributed by atoms with van der Waals surface area (Å²) in [5.41, 5.74) is 6.85. The predicted molar refractivity (Wildman–Crippen MR) is 102 cm³/mol. The van der Waals surface area contributed by atoms with Crippen LogP contribution in [0.1, 0.15) is 0 Å². The minimum absolute atomic E-state index is 0.212. The van der Waals surface area contributed by atoms with Crippen LogP contribution in [0.3, 0.4) is 0 Å². The quantitative estimate of drug-likeness (QED) is 0.389. The topological polar surface area (TPSA) is 81.0 Å². The Morgan fingerprint density at radius 3 is 2.56 bits per heavy atom. The number of aromatic amines is 1. The normalized spacial score (nSPS) is 10.6. The summed E-state index contributed by atoms with van der Waals surface area (Å²) in [7, 11) is 0. The van der Waals surface area contributed by atoms with Gasteiger partial charge in [0.25, 0.3) is 5.56 Å². The monoisotopic (exact) mass is 373 g/mol. The third-order valence-electron chi connectivity index (χ3n) is 3.40. The maximum atomic E-state index is 12.3. The second-order valence-electron chi connectivity index (χ2n) is 5.12. The maximum Gasteiger partial charge on any atom is 0.261 e. The molecule has 0 fully saturated rings. The summed E-state index contributed by atoms with van der Waals surface area (Å²) in [5.74, 6) is 1.44. The molecule has 0 spiro atoms. The van der Waals surface area contributed by atoms with Crippen LogP contribution in [-0.2, 0) is 0 Å². The molecule has 3 N–H and O–H groups in total. The Bertz CT molecular complexity index is 916. The largest absolute Gasteiger partial charge is 0.491 e. The molecule has 7 heteroatoms.